The molecule has 0 saturated heterocycles. The van der Waals surface area contributed by atoms with Crippen molar-refractivity contribution in [3.8, 4) is 5.75 Å². The molecule has 16 heavy (non-hydrogen) atoms. The van der Waals surface area contributed by atoms with Crippen molar-refractivity contribution in [1.29, 1.82) is 0 Å². The first-order chi connectivity index (χ1) is 7.51. The molecule has 0 unspecified atom stereocenters. The van der Waals surface area contributed by atoms with E-state index in [1.54, 1.807) is 19.2 Å². The van der Waals surface area contributed by atoms with Gasteiger partial charge in [-0.15, -0.1) is 0 Å². The van der Waals surface area contributed by atoms with Gasteiger partial charge in [0.25, 0.3) is 0 Å². The summed E-state index contributed by atoms with van der Waals surface area (Å²) in [4.78, 5) is 0. The molecule has 2 nitrogen and oxygen atoms in total. The fourth-order valence-corrected chi connectivity index (χ4v) is 1.36. The van der Waals surface area contributed by atoms with E-state index in [0.29, 0.717) is 13.0 Å². The first kappa shape index (κ1) is 13.0. The van der Waals surface area contributed by atoms with E-state index in [4.69, 9.17) is 16.3 Å². The van der Waals surface area contributed by atoms with Crippen LogP contribution in [0.2, 0.25) is 0 Å². The Morgan fingerprint density at radius 3 is 2.44 bits per heavy atom. The van der Waals surface area contributed by atoms with E-state index < -0.39 is 5.38 Å². The Labute approximate surface area is 98.6 Å². The molecule has 0 atom stereocenters. The van der Waals surface area contributed by atoms with Crippen LogP contribution in [0.1, 0.15) is 12.8 Å². The molecule has 0 aliphatic carbocycles. The van der Waals surface area contributed by atoms with Crippen LogP contribution in [0, 0.1) is 0 Å². The highest BCUT2D eigenvalue weighted by Crippen LogP contribution is 2.24. The fraction of sp³-hybridized carbons (Fsp3) is 0.455. The smallest absolute Gasteiger partial charge is 0.321 e. The lowest BCUT2D eigenvalue weighted by atomic mass is 10.2. The molecular formula is C11H14ClF2NO. The van der Waals surface area contributed by atoms with E-state index in [1.807, 2.05) is 12.1 Å². The minimum atomic E-state index is -3.10. The number of benzene rings is 1. The highest BCUT2D eigenvalue weighted by molar-refractivity contribution is 6.21. The summed E-state index contributed by atoms with van der Waals surface area (Å²) >= 11 is 4.78. The number of halogens is 3. The number of hydrogen-bond donors (Lipinski definition) is 1. The standard InChI is InChI=1S/C11H14ClF2NO/c1-16-10-5-3-9(4-6-10)15-8-2-7-11(12,13)14/h3-6,15H,2,7-8H2,1H3. The van der Waals surface area contributed by atoms with Crippen LogP contribution >= 0.6 is 11.6 Å². The Morgan fingerprint density at radius 1 is 1.31 bits per heavy atom. The van der Waals surface area contributed by atoms with Crippen molar-refractivity contribution in [1.82, 2.24) is 0 Å². The number of ether oxygens (including phenoxy) is 1. The summed E-state index contributed by atoms with van der Waals surface area (Å²) in [6, 6.07) is 7.27. The minimum absolute atomic E-state index is 0.322. The molecule has 1 aromatic carbocycles. The number of hydrogen-bond acceptors (Lipinski definition) is 2. The maximum absolute atomic E-state index is 12.3. The molecule has 5 heteroatoms. The van der Waals surface area contributed by atoms with Crippen LogP contribution < -0.4 is 10.1 Å². The Kier molecular flexibility index (Phi) is 4.80. The minimum Gasteiger partial charge on any atom is -0.497 e. The number of anilines is 1. The Balaban J connectivity index is 2.27. The van der Waals surface area contributed by atoms with Gasteiger partial charge in [-0.1, -0.05) is 0 Å². The predicted octanol–water partition coefficient (Wildman–Crippen LogP) is 3.72. The molecule has 1 aromatic rings. The number of rotatable bonds is 6. The summed E-state index contributed by atoms with van der Waals surface area (Å²) in [6.07, 6.45) is 0.000238. The first-order valence-electron chi connectivity index (χ1n) is 4.96. The van der Waals surface area contributed by atoms with Crippen molar-refractivity contribution < 1.29 is 13.5 Å². The molecule has 0 fully saturated rings. The summed E-state index contributed by atoms with van der Waals surface area (Å²) in [5, 5.41) is -0.0746. The molecule has 0 saturated carbocycles. The average molecular weight is 250 g/mol. The van der Waals surface area contributed by atoms with Gasteiger partial charge in [0.2, 0.25) is 0 Å². The van der Waals surface area contributed by atoms with Gasteiger partial charge in [-0.3, -0.25) is 0 Å². The molecule has 0 aliphatic heterocycles. The molecule has 1 N–H and O–H groups in total. The molecule has 0 aromatic heterocycles. The summed E-state index contributed by atoms with van der Waals surface area (Å²) in [7, 11) is 1.59. The van der Waals surface area contributed by atoms with Crippen LogP contribution in [0.3, 0.4) is 0 Å². The largest absolute Gasteiger partial charge is 0.497 e. The summed E-state index contributed by atoms with van der Waals surface area (Å²) in [6.45, 7) is 0.467. The molecule has 90 valence electrons. The topological polar surface area (TPSA) is 21.3 Å². The monoisotopic (exact) mass is 249 g/mol. The zero-order valence-electron chi connectivity index (χ0n) is 8.97. The second kappa shape index (κ2) is 5.89. The fourth-order valence-electron chi connectivity index (χ4n) is 1.23. The second-order valence-corrected chi connectivity index (χ2v) is 3.93. The molecular weight excluding hydrogens is 236 g/mol. The van der Waals surface area contributed by atoms with Crippen LogP contribution in [0.4, 0.5) is 14.5 Å². The van der Waals surface area contributed by atoms with Gasteiger partial charge >= 0.3 is 5.38 Å². The van der Waals surface area contributed by atoms with Gasteiger partial charge < -0.3 is 10.1 Å². The van der Waals surface area contributed by atoms with E-state index >= 15 is 0 Å². The Bertz CT molecular complexity index is 311. The molecule has 0 amide bonds. The zero-order chi connectivity index (χ0) is 12.0. The lowest BCUT2D eigenvalue weighted by Crippen LogP contribution is -2.09. The van der Waals surface area contributed by atoms with Crippen molar-refractivity contribution in [2.75, 3.05) is 19.0 Å². The van der Waals surface area contributed by atoms with Crippen LogP contribution in [0.15, 0.2) is 24.3 Å². The highest BCUT2D eigenvalue weighted by atomic mass is 35.5. The lowest BCUT2D eigenvalue weighted by molar-refractivity contribution is 0.0848. The van der Waals surface area contributed by atoms with Gasteiger partial charge in [-0.05, 0) is 42.3 Å². The molecule has 0 bridgehead atoms. The first-order valence-corrected chi connectivity index (χ1v) is 5.34. The maximum atomic E-state index is 12.3. The quantitative estimate of drug-likeness (QED) is 0.613. The highest BCUT2D eigenvalue weighted by Gasteiger charge is 2.23. The van der Waals surface area contributed by atoms with Gasteiger partial charge in [-0.25, -0.2) is 0 Å². The van der Waals surface area contributed by atoms with E-state index in [1.165, 1.54) is 0 Å². The third-order valence-corrected chi connectivity index (χ3v) is 2.25. The van der Waals surface area contributed by atoms with Gasteiger partial charge in [0.1, 0.15) is 5.75 Å². The number of methoxy groups -OCH3 is 1. The van der Waals surface area contributed by atoms with E-state index in [2.05, 4.69) is 5.32 Å². The van der Waals surface area contributed by atoms with Crippen molar-refractivity contribution in [2.24, 2.45) is 0 Å². The third kappa shape index (κ3) is 5.16. The van der Waals surface area contributed by atoms with Gasteiger partial charge in [-0.2, -0.15) is 8.78 Å². The third-order valence-electron chi connectivity index (χ3n) is 2.06. The molecule has 0 heterocycles. The van der Waals surface area contributed by atoms with Crippen molar-refractivity contribution in [2.45, 2.75) is 18.2 Å². The molecule has 0 radical (unpaired) electrons. The number of nitrogens with one attached hydrogen (secondary N) is 1. The molecule has 1 rings (SSSR count). The summed E-state index contributed by atoms with van der Waals surface area (Å²) < 4.78 is 29.5. The van der Waals surface area contributed by atoms with Gasteiger partial charge in [0.05, 0.1) is 7.11 Å². The molecule has 0 aliphatic rings. The number of alkyl halides is 3. The van der Waals surface area contributed by atoms with Crippen molar-refractivity contribution in [3.05, 3.63) is 24.3 Å². The van der Waals surface area contributed by atoms with Crippen molar-refractivity contribution in [3.63, 3.8) is 0 Å². The zero-order valence-corrected chi connectivity index (χ0v) is 9.73. The van der Waals surface area contributed by atoms with Gasteiger partial charge in [0, 0.05) is 18.7 Å². The van der Waals surface area contributed by atoms with E-state index in [0.717, 1.165) is 11.4 Å². The van der Waals surface area contributed by atoms with Crippen LogP contribution in [0.25, 0.3) is 0 Å². The predicted molar refractivity (Wildman–Crippen MR) is 61.5 cm³/mol. The Morgan fingerprint density at radius 2 is 1.94 bits per heavy atom. The van der Waals surface area contributed by atoms with E-state index in [-0.39, 0.29) is 6.42 Å². The summed E-state index contributed by atoms with van der Waals surface area (Å²) in [5.74, 6) is 0.762. The maximum Gasteiger partial charge on any atom is 0.321 e. The van der Waals surface area contributed by atoms with Crippen LogP contribution in [-0.2, 0) is 0 Å². The van der Waals surface area contributed by atoms with E-state index in [9.17, 15) is 8.78 Å². The molecule has 0 spiro atoms. The Hall–Kier alpha value is -1.03. The second-order valence-electron chi connectivity index (χ2n) is 3.37. The van der Waals surface area contributed by atoms with Gasteiger partial charge in [0.15, 0.2) is 0 Å². The summed E-state index contributed by atoms with van der Waals surface area (Å²) in [5.41, 5.74) is 0.874. The SMILES string of the molecule is COc1ccc(NCCCC(F)(F)Cl)cc1. The average Bonchev–Trinajstić information content (AvgIpc) is 2.24. The lowest BCUT2D eigenvalue weighted by Gasteiger charge is -2.09. The normalized spacial score (nSPS) is 11.2. The van der Waals surface area contributed by atoms with Crippen molar-refractivity contribution >= 4 is 17.3 Å². The van der Waals surface area contributed by atoms with Crippen LogP contribution in [-0.4, -0.2) is 19.0 Å². The van der Waals surface area contributed by atoms with Crippen LogP contribution in [0.5, 0.6) is 5.75 Å².